The average molecular weight is 364 g/mol. The van der Waals surface area contributed by atoms with Gasteiger partial charge in [-0.15, -0.1) is 0 Å². The lowest BCUT2D eigenvalue weighted by Crippen LogP contribution is -2.48. The second-order valence-corrected chi connectivity index (χ2v) is 7.20. The summed E-state index contributed by atoms with van der Waals surface area (Å²) in [4.78, 5) is 21.2. The Kier molecular flexibility index (Phi) is 5.16. The van der Waals surface area contributed by atoms with Gasteiger partial charge in [-0.3, -0.25) is 9.69 Å². The fraction of sp³-hybridized carbons (Fsp3) is 0.500. The van der Waals surface area contributed by atoms with E-state index in [2.05, 4.69) is 27.0 Å². The molecule has 0 N–H and O–H groups in total. The predicted molar refractivity (Wildman–Crippen MR) is 103 cm³/mol. The maximum absolute atomic E-state index is 11.8. The average Bonchev–Trinajstić information content (AvgIpc) is 2.72. The van der Waals surface area contributed by atoms with Gasteiger partial charge in [-0.05, 0) is 43.4 Å². The van der Waals surface area contributed by atoms with Gasteiger partial charge in [0.05, 0.1) is 12.1 Å². The van der Waals surface area contributed by atoms with E-state index < -0.39 is 0 Å². The van der Waals surface area contributed by atoms with Crippen molar-refractivity contribution in [1.29, 1.82) is 5.26 Å². The molecule has 0 spiro atoms. The first-order chi connectivity index (χ1) is 13.2. The summed E-state index contributed by atoms with van der Waals surface area (Å²) in [5.41, 5.74) is 3.06. The molecule has 0 radical (unpaired) electrons. The molecule has 7 nitrogen and oxygen atoms in total. The first-order valence-electron chi connectivity index (χ1n) is 9.67. The summed E-state index contributed by atoms with van der Waals surface area (Å²) >= 11 is 0. The molecule has 0 atom stereocenters. The molecule has 0 bridgehead atoms. The molecule has 0 saturated carbocycles. The number of hydrogen-bond acceptors (Lipinski definition) is 6. The lowest BCUT2D eigenvalue weighted by molar-refractivity contribution is 0.242. The van der Waals surface area contributed by atoms with Crippen molar-refractivity contribution >= 4 is 5.82 Å². The lowest BCUT2D eigenvalue weighted by Gasteiger charge is -2.36. The van der Waals surface area contributed by atoms with Crippen LogP contribution in [0.5, 0.6) is 0 Å². The van der Waals surface area contributed by atoms with Crippen molar-refractivity contribution in [2.75, 3.05) is 37.6 Å². The molecular formula is C20H24N6O. The fourth-order valence-electron chi connectivity index (χ4n) is 3.92. The Morgan fingerprint density at radius 2 is 1.93 bits per heavy atom. The van der Waals surface area contributed by atoms with Crippen molar-refractivity contribution in [1.82, 2.24) is 19.7 Å². The molecule has 0 unspecified atom stereocenters. The van der Waals surface area contributed by atoms with E-state index >= 15 is 0 Å². The van der Waals surface area contributed by atoms with Crippen LogP contribution in [-0.4, -0.2) is 52.4 Å². The Hall–Kier alpha value is -2.72. The number of aromatic nitrogens is 3. The first-order valence-corrected chi connectivity index (χ1v) is 9.67. The van der Waals surface area contributed by atoms with Crippen LogP contribution in [0.25, 0.3) is 0 Å². The van der Waals surface area contributed by atoms with E-state index in [9.17, 15) is 10.1 Å². The normalized spacial score (nSPS) is 17.4. The summed E-state index contributed by atoms with van der Waals surface area (Å²) in [7, 11) is 0. The van der Waals surface area contributed by atoms with Gasteiger partial charge in [0.15, 0.2) is 0 Å². The van der Waals surface area contributed by atoms with Crippen LogP contribution in [0.15, 0.2) is 29.2 Å². The minimum atomic E-state index is -0.0620. The van der Waals surface area contributed by atoms with E-state index in [4.69, 9.17) is 4.98 Å². The Labute approximate surface area is 158 Å². The molecule has 0 amide bonds. The zero-order valence-corrected chi connectivity index (χ0v) is 15.5. The number of piperazine rings is 1. The molecule has 2 aromatic rings. The fourth-order valence-corrected chi connectivity index (χ4v) is 3.92. The number of nitrogens with zero attached hydrogens (tertiary/aromatic N) is 6. The van der Waals surface area contributed by atoms with Crippen LogP contribution in [0.3, 0.4) is 0 Å². The zero-order chi connectivity index (χ0) is 18.6. The Bertz CT molecular complexity index is 907. The molecule has 2 aromatic heterocycles. The van der Waals surface area contributed by atoms with Crippen molar-refractivity contribution in [3.63, 3.8) is 0 Å². The summed E-state index contributed by atoms with van der Waals surface area (Å²) in [6, 6.07) is 7.60. The highest BCUT2D eigenvalue weighted by Gasteiger charge is 2.23. The van der Waals surface area contributed by atoms with Crippen LogP contribution in [0.1, 0.15) is 29.7 Å². The molecule has 4 rings (SSSR count). The predicted octanol–water partition coefficient (Wildman–Crippen LogP) is 1.21. The number of hydrogen-bond donors (Lipinski definition) is 0. The van der Waals surface area contributed by atoms with Crippen molar-refractivity contribution < 1.29 is 0 Å². The van der Waals surface area contributed by atoms with Gasteiger partial charge in [0, 0.05) is 50.7 Å². The number of rotatable bonds is 4. The van der Waals surface area contributed by atoms with Gasteiger partial charge in [-0.2, -0.15) is 10.4 Å². The third-order valence-electron chi connectivity index (χ3n) is 5.49. The summed E-state index contributed by atoms with van der Waals surface area (Å²) in [5.74, 6) is 0.846. The van der Waals surface area contributed by atoms with Gasteiger partial charge in [0.25, 0.3) is 5.56 Å². The molecule has 1 aliphatic carbocycles. The van der Waals surface area contributed by atoms with Crippen LogP contribution < -0.4 is 10.5 Å². The number of aryl methyl sites for hydroxylation is 2. The Morgan fingerprint density at radius 3 is 2.70 bits per heavy atom. The summed E-state index contributed by atoms with van der Waals surface area (Å²) < 4.78 is 1.51. The number of pyridine rings is 1. The quantitative estimate of drug-likeness (QED) is 0.812. The number of nitriles is 1. The van der Waals surface area contributed by atoms with E-state index in [1.54, 1.807) is 12.3 Å². The molecule has 1 saturated heterocycles. The van der Waals surface area contributed by atoms with Gasteiger partial charge in [-0.25, -0.2) is 9.67 Å². The summed E-state index contributed by atoms with van der Waals surface area (Å²) in [6.07, 6.45) is 6.08. The molecular weight excluding hydrogens is 340 g/mol. The smallest absolute Gasteiger partial charge is 0.266 e. The van der Waals surface area contributed by atoms with Gasteiger partial charge >= 0.3 is 0 Å². The molecule has 1 fully saturated rings. The molecule has 2 aliphatic rings. The van der Waals surface area contributed by atoms with E-state index in [-0.39, 0.29) is 5.56 Å². The summed E-state index contributed by atoms with van der Waals surface area (Å²) in [6.45, 7) is 4.87. The molecule has 3 heterocycles. The first kappa shape index (κ1) is 17.7. The standard InChI is InChI=1S/C20H24N6O/c21-15-17-14-16-4-1-2-5-18(16)23-20(17)25-11-8-24(9-12-25)10-13-26-19(27)6-3-7-22-26/h3,6-7,14H,1-2,4-5,8-13H2. The maximum Gasteiger partial charge on any atom is 0.266 e. The molecule has 27 heavy (non-hydrogen) atoms. The SMILES string of the molecule is N#Cc1cc2c(nc1N1CCN(CCn3ncccc3=O)CC1)CCCC2. The highest BCUT2D eigenvalue weighted by Crippen LogP contribution is 2.27. The van der Waals surface area contributed by atoms with E-state index in [1.807, 2.05) is 0 Å². The third-order valence-corrected chi connectivity index (χ3v) is 5.49. The van der Waals surface area contributed by atoms with Crippen molar-refractivity contribution in [3.8, 4) is 6.07 Å². The van der Waals surface area contributed by atoms with Gasteiger partial charge < -0.3 is 4.90 Å². The van der Waals surface area contributed by atoms with Crippen molar-refractivity contribution in [2.45, 2.75) is 32.2 Å². The van der Waals surface area contributed by atoms with E-state index in [0.717, 1.165) is 51.4 Å². The van der Waals surface area contributed by atoms with Gasteiger partial charge in [-0.1, -0.05) is 0 Å². The number of fused-ring (bicyclic) bond motifs is 1. The second kappa shape index (κ2) is 7.89. The van der Waals surface area contributed by atoms with Gasteiger partial charge in [0.2, 0.25) is 0 Å². The topological polar surface area (TPSA) is 78.1 Å². The highest BCUT2D eigenvalue weighted by atomic mass is 16.1. The van der Waals surface area contributed by atoms with Crippen LogP contribution in [0.4, 0.5) is 5.82 Å². The monoisotopic (exact) mass is 364 g/mol. The van der Waals surface area contributed by atoms with Gasteiger partial charge in [0.1, 0.15) is 11.9 Å². The van der Waals surface area contributed by atoms with Crippen molar-refractivity contribution in [3.05, 3.63) is 51.6 Å². The van der Waals surface area contributed by atoms with Crippen LogP contribution in [-0.2, 0) is 19.4 Å². The Morgan fingerprint density at radius 1 is 1.11 bits per heavy atom. The van der Waals surface area contributed by atoms with Crippen molar-refractivity contribution in [2.24, 2.45) is 0 Å². The van der Waals surface area contributed by atoms with Crippen LogP contribution in [0.2, 0.25) is 0 Å². The molecule has 0 aromatic carbocycles. The van der Waals surface area contributed by atoms with Crippen LogP contribution >= 0.6 is 0 Å². The maximum atomic E-state index is 11.8. The highest BCUT2D eigenvalue weighted by molar-refractivity contribution is 5.56. The minimum Gasteiger partial charge on any atom is -0.353 e. The van der Waals surface area contributed by atoms with Crippen LogP contribution in [0, 0.1) is 11.3 Å². The Balaban J connectivity index is 1.40. The third kappa shape index (κ3) is 3.86. The number of anilines is 1. The lowest BCUT2D eigenvalue weighted by atomic mass is 9.95. The van der Waals surface area contributed by atoms with E-state index in [1.165, 1.54) is 34.8 Å². The van der Waals surface area contributed by atoms with E-state index in [0.29, 0.717) is 12.1 Å². The summed E-state index contributed by atoms with van der Waals surface area (Å²) in [5, 5.41) is 13.7. The minimum absolute atomic E-state index is 0.0620. The molecule has 140 valence electrons. The zero-order valence-electron chi connectivity index (χ0n) is 15.5. The molecule has 7 heteroatoms. The molecule has 1 aliphatic heterocycles. The largest absolute Gasteiger partial charge is 0.353 e. The second-order valence-electron chi connectivity index (χ2n) is 7.20.